The van der Waals surface area contributed by atoms with Crippen LogP contribution < -0.4 is 0 Å². The van der Waals surface area contributed by atoms with Crippen molar-refractivity contribution >= 4 is 8.58 Å². The molecule has 0 aliphatic rings. The molecule has 1 rings (SSSR count). The summed E-state index contributed by atoms with van der Waals surface area (Å²) in [7, 11) is 0.970. The van der Waals surface area contributed by atoms with Gasteiger partial charge >= 0.3 is 0 Å². The third kappa shape index (κ3) is 2.61. The Morgan fingerprint density at radius 3 is 2.18 bits per heavy atom. The van der Waals surface area contributed by atoms with Gasteiger partial charge in [0.25, 0.3) is 0 Å². The molecule has 0 amide bonds. The topological polar surface area (TPSA) is 20.2 Å². The molecule has 0 spiro atoms. The summed E-state index contributed by atoms with van der Waals surface area (Å²) >= 11 is 0. The predicted molar refractivity (Wildman–Crippen MR) is 50.3 cm³/mol. The minimum Gasteiger partial charge on any atom is -0.392 e. The molecule has 0 heterocycles. The van der Waals surface area contributed by atoms with Crippen LogP contribution in [-0.2, 0) is 12.8 Å². The zero-order valence-corrected chi connectivity index (χ0v) is 7.67. The molecule has 0 saturated heterocycles. The lowest BCUT2D eigenvalue weighted by atomic mass is 10.2. The lowest BCUT2D eigenvalue weighted by Gasteiger charge is -1.99. The highest BCUT2D eigenvalue weighted by Gasteiger charge is 1.91. The lowest BCUT2D eigenvalue weighted by Crippen LogP contribution is -1.83. The van der Waals surface area contributed by atoms with Gasteiger partial charge in [0.2, 0.25) is 0 Å². The molecule has 0 saturated carbocycles. The highest BCUT2D eigenvalue weighted by Crippen LogP contribution is 2.14. The molecule has 0 aromatic heterocycles. The largest absolute Gasteiger partial charge is 0.392 e. The Labute approximate surface area is 69.2 Å². The van der Waals surface area contributed by atoms with Crippen molar-refractivity contribution < 1.29 is 5.11 Å². The Kier molecular flexibility index (Phi) is 3.55. The van der Waals surface area contributed by atoms with Crippen molar-refractivity contribution in [3.05, 3.63) is 35.4 Å². The van der Waals surface area contributed by atoms with E-state index >= 15 is 0 Å². The van der Waals surface area contributed by atoms with Gasteiger partial charge in [-0.05, 0) is 24.0 Å². The number of hydrogen-bond acceptors (Lipinski definition) is 1. The molecule has 1 N–H and O–H groups in total. The molecule has 11 heavy (non-hydrogen) atoms. The summed E-state index contributed by atoms with van der Waals surface area (Å²) in [5, 5.41) is 8.76. The van der Waals surface area contributed by atoms with Gasteiger partial charge in [0.05, 0.1) is 6.61 Å². The van der Waals surface area contributed by atoms with E-state index < -0.39 is 0 Å². The maximum atomic E-state index is 8.76. The van der Waals surface area contributed by atoms with Gasteiger partial charge in [0.15, 0.2) is 0 Å². The molecule has 1 nitrogen and oxygen atoms in total. The second kappa shape index (κ2) is 4.48. The van der Waals surface area contributed by atoms with Crippen LogP contribution in [0.2, 0.25) is 0 Å². The molecule has 0 aliphatic carbocycles. The van der Waals surface area contributed by atoms with Crippen LogP contribution >= 0.6 is 8.58 Å². The molecule has 1 aromatic carbocycles. The van der Waals surface area contributed by atoms with Crippen molar-refractivity contribution in [3.8, 4) is 0 Å². The van der Waals surface area contributed by atoms with E-state index in [1.807, 2.05) is 12.1 Å². The SMILES string of the molecule is CPCc1ccc(CO)cc1. The van der Waals surface area contributed by atoms with Crippen molar-refractivity contribution in [1.29, 1.82) is 0 Å². The molecule has 0 bridgehead atoms. The van der Waals surface area contributed by atoms with Gasteiger partial charge in [-0.25, -0.2) is 0 Å². The molecule has 1 aromatic rings. The summed E-state index contributed by atoms with van der Waals surface area (Å²) < 4.78 is 0. The molecule has 2 heteroatoms. The Bertz CT molecular complexity index is 205. The number of benzene rings is 1. The van der Waals surface area contributed by atoms with Gasteiger partial charge in [-0.2, -0.15) is 0 Å². The molecule has 60 valence electrons. The van der Waals surface area contributed by atoms with Crippen LogP contribution in [0.25, 0.3) is 0 Å². The van der Waals surface area contributed by atoms with E-state index in [0.717, 1.165) is 20.3 Å². The minimum atomic E-state index is 0.148. The number of aliphatic hydroxyl groups is 1. The first kappa shape index (κ1) is 8.70. The van der Waals surface area contributed by atoms with Crippen LogP contribution in [0.5, 0.6) is 0 Å². The molecule has 1 unspecified atom stereocenters. The van der Waals surface area contributed by atoms with E-state index in [9.17, 15) is 0 Å². The average Bonchev–Trinajstić information content (AvgIpc) is 2.07. The Morgan fingerprint density at radius 1 is 1.18 bits per heavy atom. The normalized spacial score (nSPS) is 11.1. The van der Waals surface area contributed by atoms with Crippen LogP contribution in [0.15, 0.2) is 24.3 Å². The zero-order valence-electron chi connectivity index (χ0n) is 6.67. The standard InChI is InChI=1S/C9H13OP/c1-11-7-9-4-2-8(6-10)3-5-9/h2-5,10-11H,6-7H2,1H3. The third-order valence-corrected chi connectivity index (χ3v) is 2.35. The van der Waals surface area contributed by atoms with Gasteiger partial charge < -0.3 is 5.11 Å². The maximum absolute atomic E-state index is 8.76. The van der Waals surface area contributed by atoms with Crippen molar-refractivity contribution in [2.45, 2.75) is 12.8 Å². The fourth-order valence-corrected chi connectivity index (χ4v) is 1.61. The monoisotopic (exact) mass is 168 g/mol. The van der Waals surface area contributed by atoms with Crippen LogP contribution in [0.4, 0.5) is 0 Å². The van der Waals surface area contributed by atoms with Gasteiger partial charge in [0.1, 0.15) is 0 Å². The summed E-state index contributed by atoms with van der Waals surface area (Å²) in [5.41, 5.74) is 2.36. The fraction of sp³-hybridized carbons (Fsp3) is 0.333. The summed E-state index contributed by atoms with van der Waals surface area (Å²) in [6, 6.07) is 8.13. The van der Waals surface area contributed by atoms with Gasteiger partial charge in [-0.3, -0.25) is 0 Å². The van der Waals surface area contributed by atoms with Gasteiger partial charge in [0, 0.05) is 0 Å². The Morgan fingerprint density at radius 2 is 1.73 bits per heavy atom. The lowest BCUT2D eigenvalue weighted by molar-refractivity contribution is 0.282. The van der Waals surface area contributed by atoms with E-state index in [1.165, 1.54) is 5.56 Å². The van der Waals surface area contributed by atoms with E-state index in [4.69, 9.17) is 5.11 Å². The second-order valence-corrected chi connectivity index (χ2v) is 3.57. The van der Waals surface area contributed by atoms with Crippen molar-refractivity contribution in [2.75, 3.05) is 6.66 Å². The molecule has 1 atom stereocenters. The van der Waals surface area contributed by atoms with E-state index in [0.29, 0.717) is 0 Å². The fourth-order valence-electron chi connectivity index (χ4n) is 0.967. The Hall–Kier alpha value is -0.390. The van der Waals surface area contributed by atoms with Crippen molar-refractivity contribution in [3.63, 3.8) is 0 Å². The first-order chi connectivity index (χ1) is 5.36. The zero-order chi connectivity index (χ0) is 8.10. The highest BCUT2D eigenvalue weighted by atomic mass is 31.1. The summed E-state index contributed by atoms with van der Waals surface area (Å²) in [6.07, 6.45) is 1.16. The van der Waals surface area contributed by atoms with Gasteiger partial charge in [-0.1, -0.05) is 24.3 Å². The van der Waals surface area contributed by atoms with Crippen LogP contribution in [0.1, 0.15) is 11.1 Å². The molecule has 0 aliphatic heterocycles. The molecule has 0 radical (unpaired) electrons. The Balaban J connectivity index is 2.66. The molecule has 0 fully saturated rings. The van der Waals surface area contributed by atoms with Gasteiger partial charge in [-0.15, -0.1) is 8.58 Å². The smallest absolute Gasteiger partial charge is 0.0681 e. The number of rotatable bonds is 3. The first-order valence-electron chi connectivity index (χ1n) is 3.70. The van der Waals surface area contributed by atoms with E-state index in [-0.39, 0.29) is 6.61 Å². The minimum absolute atomic E-state index is 0.148. The van der Waals surface area contributed by atoms with Crippen LogP contribution in [-0.4, -0.2) is 11.8 Å². The highest BCUT2D eigenvalue weighted by molar-refractivity contribution is 7.36. The van der Waals surface area contributed by atoms with E-state index in [1.54, 1.807) is 0 Å². The van der Waals surface area contributed by atoms with Crippen molar-refractivity contribution in [2.24, 2.45) is 0 Å². The first-order valence-corrected chi connectivity index (χ1v) is 5.41. The molecular formula is C9H13OP. The maximum Gasteiger partial charge on any atom is 0.0681 e. The summed E-state index contributed by atoms with van der Waals surface area (Å²) in [6.45, 7) is 2.34. The summed E-state index contributed by atoms with van der Waals surface area (Å²) in [5.74, 6) is 0. The van der Waals surface area contributed by atoms with Crippen LogP contribution in [0, 0.1) is 0 Å². The predicted octanol–water partition coefficient (Wildman–Crippen LogP) is 1.99. The quantitative estimate of drug-likeness (QED) is 0.684. The second-order valence-electron chi connectivity index (χ2n) is 2.50. The number of aliphatic hydroxyl groups excluding tert-OH is 1. The number of hydrogen-bond donors (Lipinski definition) is 1. The van der Waals surface area contributed by atoms with Crippen molar-refractivity contribution in [1.82, 2.24) is 0 Å². The summed E-state index contributed by atoms with van der Waals surface area (Å²) in [4.78, 5) is 0. The molecular weight excluding hydrogens is 155 g/mol. The third-order valence-electron chi connectivity index (χ3n) is 1.59. The van der Waals surface area contributed by atoms with Crippen LogP contribution in [0.3, 0.4) is 0 Å². The van der Waals surface area contributed by atoms with E-state index in [2.05, 4.69) is 18.8 Å². The average molecular weight is 168 g/mol.